The molecule has 16 heavy (non-hydrogen) atoms. The first-order chi connectivity index (χ1) is 7.83. The second-order valence-electron chi connectivity index (χ2n) is 3.88. The maximum Gasteiger partial charge on any atom is 0.220 e. The molecule has 0 amide bonds. The van der Waals surface area contributed by atoms with Crippen LogP contribution in [-0.4, -0.2) is 34.4 Å². The van der Waals surface area contributed by atoms with Crippen molar-refractivity contribution in [1.29, 1.82) is 0 Å². The summed E-state index contributed by atoms with van der Waals surface area (Å²) in [5, 5.41) is 1.92. The maximum absolute atomic E-state index is 4.51. The van der Waals surface area contributed by atoms with Crippen LogP contribution in [0.25, 0.3) is 11.0 Å². The van der Waals surface area contributed by atoms with Crippen molar-refractivity contribution >= 4 is 23.3 Å². The zero-order valence-electron chi connectivity index (χ0n) is 9.07. The molecule has 5 nitrogen and oxygen atoms in total. The SMILES string of the molecule is Cc1cccc2[nH]c(NN3C=NCC3)nc12. The third-order valence-electron chi connectivity index (χ3n) is 2.65. The predicted octanol–water partition coefficient (Wildman–Crippen LogP) is 1.54. The molecule has 0 aliphatic carbocycles. The van der Waals surface area contributed by atoms with Crippen molar-refractivity contribution in [3.05, 3.63) is 23.8 Å². The number of nitrogens with one attached hydrogen (secondary N) is 2. The maximum atomic E-state index is 4.51. The molecule has 0 bridgehead atoms. The number of aliphatic imine (C=N–C) groups is 1. The lowest BCUT2D eigenvalue weighted by Gasteiger charge is -2.13. The largest absolute Gasteiger partial charge is 0.323 e. The summed E-state index contributed by atoms with van der Waals surface area (Å²) in [5.74, 6) is 0.762. The summed E-state index contributed by atoms with van der Waals surface area (Å²) in [6, 6.07) is 6.11. The van der Waals surface area contributed by atoms with Crippen LogP contribution >= 0.6 is 0 Å². The van der Waals surface area contributed by atoms with Crippen LogP contribution < -0.4 is 5.43 Å². The molecule has 2 heterocycles. The van der Waals surface area contributed by atoms with Gasteiger partial charge in [-0.25, -0.2) is 4.98 Å². The highest BCUT2D eigenvalue weighted by molar-refractivity contribution is 5.80. The van der Waals surface area contributed by atoms with Crippen LogP contribution in [0.5, 0.6) is 0 Å². The molecule has 0 saturated heterocycles. The Morgan fingerprint density at radius 1 is 1.44 bits per heavy atom. The molecule has 0 fully saturated rings. The molecule has 82 valence electrons. The Balaban J connectivity index is 1.93. The molecule has 1 aliphatic heterocycles. The van der Waals surface area contributed by atoms with Crippen molar-refractivity contribution in [3.8, 4) is 0 Å². The highest BCUT2D eigenvalue weighted by Gasteiger charge is 2.08. The highest BCUT2D eigenvalue weighted by atomic mass is 15.6. The van der Waals surface area contributed by atoms with Crippen molar-refractivity contribution in [1.82, 2.24) is 15.0 Å². The number of fused-ring (bicyclic) bond motifs is 1. The Labute approximate surface area is 93.2 Å². The number of benzene rings is 1. The predicted molar refractivity (Wildman–Crippen MR) is 64.5 cm³/mol. The average molecular weight is 215 g/mol. The van der Waals surface area contributed by atoms with Gasteiger partial charge in [0.25, 0.3) is 0 Å². The van der Waals surface area contributed by atoms with Crippen LogP contribution in [0.3, 0.4) is 0 Å². The second kappa shape index (κ2) is 3.52. The van der Waals surface area contributed by atoms with E-state index in [4.69, 9.17) is 0 Å². The normalized spacial score (nSPS) is 14.9. The van der Waals surface area contributed by atoms with E-state index in [1.807, 2.05) is 17.1 Å². The van der Waals surface area contributed by atoms with Crippen LogP contribution in [0.4, 0.5) is 5.95 Å². The van der Waals surface area contributed by atoms with Gasteiger partial charge in [0.1, 0.15) is 6.34 Å². The molecule has 0 radical (unpaired) electrons. The van der Waals surface area contributed by atoms with Gasteiger partial charge in [0, 0.05) is 0 Å². The molecule has 3 rings (SSSR count). The van der Waals surface area contributed by atoms with E-state index in [1.165, 1.54) is 5.56 Å². The first kappa shape index (κ1) is 9.21. The zero-order valence-corrected chi connectivity index (χ0v) is 9.07. The minimum Gasteiger partial charge on any atom is -0.323 e. The smallest absolute Gasteiger partial charge is 0.220 e. The molecule has 1 aromatic carbocycles. The molecule has 0 atom stereocenters. The number of hydrazine groups is 1. The third kappa shape index (κ3) is 1.50. The number of para-hydroxylation sites is 1. The van der Waals surface area contributed by atoms with E-state index in [1.54, 1.807) is 6.34 Å². The van der Waals surface area contributed by atoms with E-state index in [2.05, 4.69) is 33.4 Å². The van der Waals surface area contributed by atoms with Crippen LogP contribution in [0, 0.1) is 6.92 Å². The molecule has 1 aliphatic rings. The summed E-state index contributed by atoms with van der Waals surface area (Å²) in [6.45, 7) is 3.78. The van der Waals surface area contributed by atoms with E-state index >= 15 is 0 Å². The fourth-order valence-electron chi connectivity index (χ4n) is 1.83. The van der Waals surface area contributed by atoms with Crippen molar-refractivity contribution in [3.63, 3.8) is 0 Å². The van der Waals surface area contributed by atoms with Gasteiger partial charge in [-0.05, 0) is 18.6 Å². The van der Waals surface area contributed by atoms with Crippen LogP contribution in [0.2, 0.25) is 0 Å². The molecule has 0 spiro atoms. The van der Waals surface area contributed by atoms with Gasteiger partial charge in [-0.15, -0.1) is 0 Å². The lowest BCUT2D eigenvalue weighted by Crippen LogP contribution is -2.27. The number of anilines is 1. The van der Waals surface area contributed by atoms with Gasteiger partial charge in [-0.2, -0.15) is 0 Å². The topological polar surface area (TPSA) is 56.3 Å². The number of nitrogens with zero attached hydrogens (tertiary/aromatic N) is 3. The van der Waals surface area contributed by atoms with Crippen LogP contribution in [-0.2, 0) is 0 Å². The fraction of sp³-hybridized carbons (Fsp3) is 0.273. The number of H-pyrrole nitrogens is 1. The van der Waals surface area contributed by atoms with Crippen molar-refractivity contribution in [2.75, 3.05) is 18.5 Å². The number of aromatic nitrogens is 2. The van der Waals surface area contributed by atoms with E-state index in [0.29, 0.717) is 0 Å². The summed E-state index contributed by atoms with van der Waals surface area (Å²) >= 11 is 0. The number of hydrogen-bond acceptors (Lipinski definition) is 4. The molecule has 2 N–H and O–H groups in total. The Bertz CT molecular complexity index is 542. The summed E-state index contributed by atoms with van der Waals surface area (Å²) < 4.78 is 0. The van der Waals surface area contributed by atoms with Crippen LogP contribution in [0.15, 0.2) is 23.2 Å². The Morgan fingerprint density at radius 3 is 3.12 bits per heavy atom. The average Bonchev–Trinajstić information content (AvgIpc) is 2.88. The van der Waals surface area contributed by atoms with E-state index in [9.17, 15) is 0 Å². The number of aryl methyl sites for hydroxylation is 1. The van der Waals surface area contributed by atoms with Crippen molar-refractivity contribution < 1.29 is 0 Å². The van der Waals surface area contributed by atoms with Gasteiger partial charge < -0.3 is 4.98 Å². The molecular weight excluding hydrogens is 202 g/mol. The van der Waals surface area contributed by atoms with Gasteiger partial charge in [0.05, 0.1) is 24.1 Å². The summed E-state index contributed by atoms with van der Waals surface area (Å²) in [6.07, 6.45) is 1.79. The molecule has 0 saturated carbocycles. The van der Waals surface area contributed by atoms with Crippen molar-refractivity contribution in [2.24, 2.45) is 4.99 Å². The number of hydrogen-bond donors (Lipinski definition) is 2. The lowest BCUT2D eigenvalue weighted by molar-refractivity contribution is 0.551. The molecule has 1 aromatic heterocycles. The first-order valence-electron chi connectivity index (χ1n) is 5.31. The van der Waals surface area contributed by atoms with Gasteiger partial charge in [-0.1, -0.05) is 12.1 Å². The quantitative estimate of drug-likeness (QED) is 0.799. The monoisotopic (exact) mass is 215 g/mol. The standard InChI is InChI=1S/C11H13N5/c1-8-3-2-4-9-10(8)14-11(13-9)15-16-6-5-12-7-16/h2-4,7H,5-6H2,1H3,(H2,13,14,15). The molecule has 2 aromatic rings. The second-order valence-corrected chi connectivity index (χ2v) is 3.88. The number of imidazole rings is 1. The number of aromatic amines is 1. The minimum atomic E-state index is 0.762. The van der Waals surface area contributed by atoms with Crippen molar-refractivity contribution in [2.45, 2.75) is 6.92 Å². The minimum absolute atomic E-state index is 0.762. The van der Waals surface area contributed by atoms with E-state index in [-0.39, 0.29) is 0 Å². The summed E-state index contributed by atoms with van der Waals surface area (Å²) in [7, 11) is 0. The fourth-order valence-corrected chi connectivity index (χ4v) is 1.83. The van der Waals surface area contributed by atoms with Gasteiger partial charge in [-0.3, -0.25) is 15.4 Å². The third-order valence-corrected chi connectivity index (χ3v) is 2.65. The molecule has 5 heteroatoms. The van der Waals surface area contributed by atoms with E-state index in [0.717, 1.165) is 30.1 Å². The Hall–Kier alpha value is -2.04. The molecular formula is C11H13N5. The van der Waals surface area contributed by atoms with Crippen LogP contribution in [0.1, 0.15) is 5.56 Å². The van der Waals surface area contributed by atoms with Gasteiger partial charge in [0.2, 0.25) is 5.95 Å². The van der Waals surface area contributed by atoms with Gasteiger partial charge >= 0.3 is 0 Å². The molecule has 0 unspecified atom stereocenters. The Morgan fingerprint density at radius 2 is 2.38 bits per heavy atom. The highest BCUT2D eigenvalue weighted by Crippen LogP contribution is 2.17. The first-order valence-corrected chi connectivity index (χ1v) is 5.31. The Kier molecular flexibility index (Phi) is 2.02. The number of rotatable bonds is 2. The lowest BCUT2D eigenvalue weighted by atomic mass is 10.2. The van der Waals surface area contributed by atoms with Gasteiger partial charge in [0.15, 0.2) is 0 Å². The summed E-state index contributed by atoms with van der Waals surface area (Å²) in [4.78, 5) is 11.9. The summed E-state index contributed by atoms with van der Waals surface area (Å²) in [5.41, 5.74) is 6.42. The zero-order chi connectivity index (χ0) is 11.0. The van der Waals surface area contributed by atoms with E-state index < -0.39 is 0 Å².